The van der Waals surface area contributed by atoms with Gasteiger partial charge in [0.1, 0.15) is 0 Å². The van der Waals surface area contributed by atoms with Crippen LogP contribution in [0.2, 0.25) is 0 Å². The van der Waals surface area contributed by atoms with Crippen molar-refractivity contribution in [3.05, 3.63) is 35.4 Å². The quantitative estimate of drug-likeness (QED) is 0.910. The van der Waals surface area contributed by atoms with Crippen LogP contribution in [0.3, 0.4) is 0 Å². The summed E-state index contributed by atoms with van der Waals surface area (Å²) < 4.78 is 0. The van der Waals surface area contributed by atoms with Crippen molar-refractivity contribution in [1.29, 1.82) is 0 Å². The second-order valence-electron chi connectivity index (χ2n) is 5.27. The number of hydrogen-bond acceptors (Lipinski definition) is 2. The lowest BCUT2D eigenvalue weighted by atomic mass is 10.0. The number of benzene rings is 1. The van der Waals surface area contributed by atoms with E-state index in [1.807, 2.05) is 0 Å². The summed E-state index contributed by atoms with van der Waals surface area (Å²) in [4.78, 5) is 2.54. The van der Waals surface area contributed by atoms with Crippen molar-refractivity contribution >= 4 is 12.4 Å². The van der Waals surface area contributed by atoms with E-state index in [0.29, 0.717) is 12.0 Å². The van der Waals surface area contributed by atoms with Gasteiger partial charge in [0.2, 0.25) is 0 Å². The van der Waals surface area contributed by atoms with Crippen molar-refractivity contribution in [3.63, 3.8) is 0 Å². The standard InChI is InChI=1S/C15H24N2.ClH/c1-3-13-6-4-5-7-15(13)11-17-9-8-14(10-17)12(2)16;/h4-7,12,14H,3,8-11,16H2,1-2H3;1H. The molecule has 0 amide bonds. The molecule has 0 saturated carbocycles. The molecule has 2 rings (SSSR count). The Labute approximate surface area is 117 Å². The summed E-state index contributed by atoms with van der Waals surface area (Å²) in [6.45, 7) is 7.81. The van der Waals surface area contributed by atoms with Gasteiger partial charge in [-0.1, -0.05) is 31.2 Å². The smallest absolute Gasteiger partial charge is 0.0236 e. The van der Waals surface area contributed by atoms with Crippen molar-refractivity contribution in [3.8, 4) is 0 Å². The molecule has 0 aliphatic carbocycles. The predicted molar refractivity (Wildman–Crippen MR) is 80.1 cm³/mol. The average molecular weight is 269 g/mol. The third-order valence-electron chi connectivity index (χ3n) is 3.95. The molecule has 0 bridgehead atoms. The zero-order chi connectivity index (χ0) is 12.3. The largest absolute Gasteiger partial charge is 0.328 e. The van der Waals surface area contributed by atoms with Crippen LogP contribution in [0, 0.1) is 5.92 Å². The van der Waals surface area contributed by atoms with E-state index in [2.05, 4.69) is 43.0 Å². The third-order valence-corrected chi connectivity index (χ3v) is 3.95. The van der Waals surface area contributed by atoms with Crippen LogP contribution in [0.25, 0.3) is 0 Å². The fourth-order valence-corrected chi connectivity index (χ4v) is 2.73. The highest BCUT2D eigenvalue weighted by atomic mass is 35.5. The average Bonchev–Trinajstić information content (AvgIpc) is 2.78. The summed E-state index contributed by atoms with van der Waals surface area (Å²) in [6.07, 6.45) is 2.38. The maximum Gasteiger partial charge on any atom is 0.0236 e. The van der Waals surface area contributed by atoms with Crippen molar-refractivity contribution in [1.82, 2.24) is 4.90 Å². The Hall–Kier alpha value is -0.570. The zero-order valence-electron chi connectivity index (χ0n) is 11.4. The highest BCUT2D eigenvalue weighted by Gasteiger charge is 2.25. The number of aryl methyl sites for hydroxylation is 1. The number of rotatable bonds is 4. The van der Waals surface area contributed by atoms with Crippen molar-refractivity contribution < 1.29 is 0 Å². The molecular formula is C15H25ClN2. The SMILES string of the molecule is CCc1ccccc1CN1CCC(C(C)N)C1.Cl. The Morgan fingerprint density at radius 1 is 1.33 bits per heavy atom. The molecule has 1 heterocycles. The molecule has 3 heteroatoms. The first-order valence-corrected chi connectivity index (χ1v) is 6.75. The van der Waals surface area contributed by atoms with E-state index in [9.17, 15) is 0 Å². The summed E-state index contributed by atoms with van der Waals surface area (Å²) in [6, 6.07) is 9.12. The number of nitrogens with two attached hydrogens (primary N) is 1. The van der Waals surface area contributed by atoms with E-state index < -0.39 is 0 Å². The zero-order valence-corrected chi connectivity index (χ0v) is 12.2. The molecule has 2 N–H and O–H groups in total. The van der Waals surface area contributed by atoms with E-state index >= 15 is 0 Å². The lowest BCUT2D eigenvalue weighted by Gasteiger charge is -2.19. The monoisotopic (exact) mass is 268 g/mol. The summed E-state index contributed by atoms with van der Waals surface area (Å²) in [5.41, 5.74) is 8.95. The molecule has 0 radical (unpaired) electrons. The maximum atomic E-state index is 5.98. The number of likely N-dealkylation sites (tertiary alicyclic amines) is 1. The Morgan fingerprint density at radius 3 is 2.56 bits per heavy atom. The summed E-state index contributed by atoms with van der Waals surface area (Å²) in [5, 5.41) is 0. The minimum absolute atomic E-state index is 0. The highest BCUT2D eigenvalue weighted by Crippen LogP contribution is 2.22. The van der Waals surface area contributed by atoms with Crippen molar-refractivity contribution in [2.75, 3.05) is 13.1 Å². The van der Waals surface area contributed by atoms with Crippen LogP contribution >= 0.6 is 12.4 Å². The highest BCUT2D eigenvalue weighted by molar-refractivity contribution is 5.85. The summed E-state index contributed by atoms with van der Waals surface area (Å²) in [7, 11) is 0. The Morgan fingerprint density at radius 2 is 2.00 bits per heavy atom. The second-order valence-corrected chi connectivity index (χ2v) is 5.27. The molecule has 0 spiro atoms. The van der Waals surface area contributed by atoms with Gasteiger partial charge in [0.25, 0.3) is 0 Å². The van der Waals surface area contributed by atoms with Crippen molar-refractivity contribution in [2.45, 2.75) is 39.3 Å². The molecule has 18 heavy (non-hydrogen) atoms. The van der Waals surface area contributed by atoms with Crippen LogP contribution in [0.5, 0.6) is 0 Å². The van der Waals surface area contributed by atoms with Crippen LogP contribution in [0.1, 0.15) is 31.4 Å². The molecule has 0 aromatic heterocycles. The molecule has 2 unspecified atom stereocenters. The molecule has 2 atom stereocenters. The third kappa shape index (κ3) is 3.71. The molecule has 1 aromatic carbocycles. The summed E-state index contributed by atoms with van der Waals surface area (Å²) in [5.74, 6) is 0.684. The van der Waals surface area contributed by atoms with Gasteiger partial charge < -0.3 is 5.73 Å². The normalized spacial score (nSPS) is 21.6. The molecule has 102 valence electrons. The summed E-state index contributed by atoms with van der Waals surface area (Å²) >= 11 is 0. The molecule has 1 aliphatic heterocycles. The number of hydrogen-bond donors (Lipinski definition) is 1. The Kier molecular flexibility index (Phi) is 6.13. The minimum atomic E-state index is 0. The van der Waals surface area contributed by atoms with Gasteiger partial charge in [-0.15, -0.1) is 12.4 Å². The maximum absolute atomic E-state index is 5.98. The van der Waals surface area contributed by atoms with Gasteiger partial charge in [-0.2, -0.15) is 0 Å². The van der Waals surface area contributed by atoms with E-state index in [1.54, 1.807) is 0 Å². The number of nitrogens with zero attached hydrogens (tertiary/aromatic N) is 1. The van der Waals surface area contributed by atoms with Crippen LogP contribution < -0.4 is 5.73 Å². The molecule has 1 aromatic rings. The lowest BCUT2D eigenvalue weighted by molar-refractivity contribution is 0.307. The molecular weight excluding hydrogens is 244 g/mol. The minimum Gasteiger partial charge on any atom is -0.328 e. The van der Waals surface area contributed by atoms with Gasteiger partial charge in [-0.3, -0.25) is 4.90 Å². The van der Waals surface area contributed by atoms with Crippen molar-refractivity contribution in [2.24, 2.45) is 11.7 Å². The first-order valence-electron chi connectivity index (χ1n) is 6.75. The van der Waals surface area contributed by atoms with Crippen LogP contribution in [0.15, 0.2) is 24.3 Å². The van der Waals surface area contributed by atoms with Crippen LogP contribution in [-0.2, 0) is 13.0 Å². The number of halogens is 1. The van der Waals surface area contributed by atoms with Gasteiger partial charge >= 0.3 is 0 Å². The topological polar surface area (TPSA) is 29.3 Å². The Balaban J connectivity index is 0.00000162. The van der Waals surface area contributed by atoms with Crippen LogP contribution in [-0.4, -0.2) is 24.0 Å². The molecule has 1 aliphatic rings. The second kappa shape index (κ2) is 7.13. The van der Waals surface area contributed by atoms with Gasteiger partial charge in [-0.05, 0) is 43.4 Å². The molecule has 1 saturated heterocycles. The first kappa shape index (κ1) is 15.5. The fraction of sp³-hybridized carbons (Fsp3) is 0.600. The van der Waals surface area contributed by atoms with Gasteiger partial charge in [0, 0.05) is 19.1 Å². The fourth-order valence-electron chi connectivity index (χ4n) is 2.73. The van der Waals surface area contributed by atoms with Gasteiger partial charge in [0.05, 0.1) is 0 Å². The lowest BCUT2D eigenvalue weighted by Crippen LogP contribution is -2.29. The van der Waals surface area contributed by atoms with E-state index in [1.165, 1.54) is 24.1 Å². The van der Waals surface area contributed by atoms with E-state index in [-0.39, 0.29) is 12.4 Å². The molecule has 2 nitrogen and oxygen atoms in total. The predicted octanol–water partition coefficient (Wildman–Crippen LogP) is 2.84. The first-order chi connectivity index (χ1) is 8.20. The molecule has 1 fully saturated rings. The van der Waals surface area contributed by atoms with E-state index in [0.717, 1.165) is 19.5 Å². The van der Waals surface area contributed by atoms with Crippen LogP contribution in [0.4, 0.5) is 0 Å². The van der Waals surface area contributed by atoms with Gasteiger partial charge in [0.15, 0.2) is 0 Å². The Bertz CT molecular complexity index is 365. The van der Waals surface area contributed by atoms with E-state index in [4.69, 9.17) is 5.73 Å². The van der Waals surface area contributed by atoms with Gasteiger partial charge in [-0.25, -0.2) is 0 Å².